The maximum atomic E-state index is 12.6. The van der Waals surface area contributed by atoms with Crippen molar-refractivity contribution in [2.45, 2.75) is 32.1 Å². The number of piperazine rings is 1. The molecule has 0 spiro atoms. The van der Waals surface area contributed by atoms with Crippen LogP contribution >= 0.6 is 11.6 Å². The molecule has 1 aliphatic heterocycles. The van der Waals surface area contributed by atoms with Crippen LogP contribution in [0.4, 0.5) is 5.69 Å². The molecule has 1 saturated carbocycles. The topological polar surface area (TPSA) is 47.3 Å². The standard InChI is InChI=1S/C18H22ClN3O/c19-16-6-7-17(15(12-16)13-20)21-8-10-22(11-9-21)18(23)14-4-2-1-3-5-14/h6-7,12,14H,1-5,8-11H2. The second-order valence-electron chi connectivity index (χ2n) is 6.42. The molecule has 1 saturated heterocycles. The summed E-state index contributed by atoms with van der Waals surface area (Å²) >= 11 is 5.96. The van der Waals surface area contributed by atoms with Gasteiger partial charge >= 0.3 is 0 Å². The van der Waals surface area contributed by atoms with Crippen LogP contribution in [0.2, 0.25) is 5.02 Å². The molecule has 0 aromatic heterocycles. The van der Waals surface area contributed by atoms with Crippen molar-refractivity contribution in [3.8, 4) is 6.07 Å². The first-order valence-corrected chi connectivity index (χ1v) is 8.80. The second-order valence-corrected chi connectivity index (χ2v) is 6.86. The molecule has 1 amide bonds. The Morgan fingerprint density at radius 2 is 1.83 bits per heavy atom. The number of benzene rings is 1. The highest BCUT2D eigenvalue weighted by Crippen LogP contribution is 2.28. The molecule has 0 atom stereocenters. The van der Waals surface area contributed by atoms with Gasteiger partial charge in [0.25, 0.3) is 0 Å². The van der Waals surface area contributed by atoms with Gasteiger partial charge in [-0.3, -0.25) is 4.79 Å². The van der Waals surface area contributed by atoms with Crippen LogP contribution in [0.25, 0.3) is 0 Å². The van der Waals surface area contributed by atoms with E-state index in [9.17, 15) is 10.1 Å². The predicted molar refractivity (Wildman–Crippen MR) is 91.5 cm³/mol. The van der Waals surface area contributed by atoms with Gasteiger partial charge in [-0.1, -0.05) is 30.9 Å². The van der Waals surface area contributed by atoms with E-state index >= 15 is 0 Å². The van der Waals surface area contributed by atoms with E-state index in [-0.39, 0.29) is 5.92 Å². The lowest BCUT2D eigenvalue weighted by Gasteiger charge is -2.38. The quantitative estimate of drug-likeness (QED) is 0.834. The fourth-order valence-corrected chi connectivity index (χ4v) is 3.82. The summed E-state index contributed by atoms with van der Waals surface area (Å²) in [6.45, 7) is 3.02. The molecule has 0 unspecified atom stereocenters. The molecule has 2 fully saturated rings. The summed E-state index contributed by atoms with van der Waals surface area (Å²) in [5, 5.41) is 9.86. The van der Waals surface area contributed by atoms with Crippen molar-refractivity contribution in [1.82, 2.24) is 4.90 Å². The molecule has 0 radical (unpaired) electrons. The molecule has 23 heavy (non-hydrogen) atoms. The summed E-state index contributed by atoms with van der Waals surface area (Å²) in [6, 6.07) is 7.64. The molecule has 2 aliphatic rings. The predicted octanol–water partition coefficient (Wildman–Crippen LogP) is 3.44. The third-order valence-corrected chi connectivity index (χ3v) is 5.20. The fourth-order valence-electron chi connectivity index (χ4n) is 3.65. The van der Waals surface area contributed by atoms with Crippen LogP contribution in [-0.4, -0.2) is 37.0 Å². The highest BCUT2D eigenvalue weighted by atomic mass is 35.5. The lowest BCUT2D eigenvalue weighted by atomic mass is 9.88. The van der Waals surface area contributed by atoms with E-state index < -0.39 is 0 Å². The molecular formula is C18H22ClN3O. The largest absolute Gasteiger partial charge is 0.367 e. The minimum Gasteiger partial charge on any atom is -0.367 e. The molecule has 0 bridgehead atoms. The molecule has 5 heteroatoms. The monoisotopic (exact) mass is 331 g/mol. The van der Waals surface area contributed by atoms with E-state index in [0.717, 1.165) is 44.7 Å². The Balaban J connectivity index is 1.62. The number of nitriles is 1. The molecule has 1 aromatic rings. The van der Waals surface area contributed by atoms with Gasteiger partial charge in [-0.05, 0) is 31.0 Å². The normalized spacial score (nSPS) is 19.5. The van der Waals surface area contributed by atoms with E-state index in [1.165, 1.54) is 19.3 Å². The first-order valence-electron chi connectivity index (χ1n) is 8.42. The van der Waals surface area contributed by atoms with Gasteiger partial charge in [-0.2, -0.15) is 5.26 Å². The van der Waals surface area contributed by atoms with Crippen molar-refractivity contribution in [2.24, 2.45) is 5.92 Å². The number of amides is 1. The SMILES string of the molecule is N#Cc1cc(Cl)ccc1N1CCN(C(=O)C2CCCCC2)CC1. The van der Waals surface area contributed by atoms with E-state index in [1.54, 1.807) is 6.07 Å². The summed E-state index contributed by atoms with van der Waals surface area (Å²) < 4.78 is 0. The van der Waals surface area contributed by atoms with Gasteiger partial charge < -0.3 is 9.80 Å². The molecule has 1 aromatic carbocycles. The summed E-state index contributed by atoms with van der Waals surface area (Å²) in [5.41, 5.74) is 1.52. The van der Waals surface area contributed by atoms with Gasteiger partial charge in [0.2, 0.25) is 5.91 Å². The Morgan fingerprint density at radius 3 is 2.48 bits per heavy atom. The number of anilines is 1. The van der Waals surface area contributed by atoms with Gasteiger partial charge in [0, 0.05) is 37.1 Å². The third kappa shape index (κ3) is 3.61. The highest BCUT2D eigenvalue weighted by Gasteiger charge is 2.28. The van der Waals surface area contributed by atoms with Crippen LogP contribution in [0, 0.1) is 17.2 Å². The van der Waals surface area contributed by atoms with Gasteiger partial charge in [-0.25, -0.2) is 0 Å². The molecule has 3 rings (SSSR count). The van der Waals surface area contributed by atoms with Crippen molar-refractivity contribution in [3.05, 3.63) is 28.8 Å². The first-order chi connectivity index (χ1) is 11.2. The zero-order valence-electron chi connectivity index (χ0n) is 13.3. The smallest absolute Gasteiger partial charge is 0.225 e. The Hall–Kier alpha value is -1.73. The molecule has 0 N–H and O–H groups in total. The Kier molecular flexibility index (Phi) is 5.07. The van der Waals surface area contributed by atoms with Crippen LogP contribution < -0.4 is 4.90 Å². The van der Waals surface area contributed by atoms with Crippen LogP contribution in [-0.2, 0) is 4.79 Å². The second kappa shape index (κ2) is 7.23. The van der Waals surface area contributed by atoms with Crippen molar-refractivity contribution >= 4 is 23.2 Å². The average molecular weight is 332 g/mol. The number of hydrogen-bond donors (Lipinski definition) is 0. The van der Waals surface area contributed by atoms with Gasteiger partial charge in [-0.15, -0.1) is 0 Å². The van der Waals surface area contributed by atoms with E-state index in [2.05, 4.69) is 11.0 Å². The zero-order chi connectivity index (χ0) is 16.2. The number of carbonyl (C=O) groups excluding carboxylic acids is 1. The minimum absolute atomic E-state index is 0.237. The van der Waals surface area contributed by atoms with Crippen molar-refractivity contribution in [3.63, 3.8) is 0 Å². The van der Waals surface area contributed by atoms with Crippen molar-refractivity contribution < 1.29 is 4.79 Å². The van der Waals surface area contributed by atoms with Crippen LogP contribution in [0.1, 0.15) is 37.7 Å². The maximum absolute atomic E-state index is 12.6. The van der Waals surface area contributed by atoms with Crippen molar-refractivity contribution in [1.29, 1.82) is 5.26 Å². The summed E-state index contributed by atoms with van der Waals surface area (Å²) in [7, 11) is 0. The zero-order valence-corrected chi connectivity index (χ0v) is 14.1. The minimum atomic E-state index is 0.237. The molecule has 122 valence electrons. The van der Waals surface area contributed by atoms with E-state index in [4.69, 9.17) is 11.6 Å². The summed E-state index contributed by atoms with van der Waals surface area (Å²) in [5.74, 6) is 0.571. The Bertz CT molecular complexity index is 611. The molecular weight excluding hydrogens is 310 g/mol. The van der Waals surface area contributed by atoms with Crippen LogP contribution in [0.5, 0.6) is 0 Å². The first kappa shape index (κ1) is 16.1. The number of halogens is 1. The fraction of sp³-hybridized carbons (Fsp3) is 0.556. The lowest BCUT2D eigenvalue weighted by Crippen LogP contribution is -2.50. The van der Waals surface area contributed by atoms with E-state index in [1.807, 2.05) is 17.0 Å². The maximum Gasteiger partial charge on any atom is 0.225 e. The number of carbonyl (C=O) groups is 1. The number of hydrogen-bond acceptors (Lipinski definition) is 3. The highest BCUT2D eigenvalue weighted by molar-refractivity contribution is 6.30. The Labute approximate surface area is 142 Å². The summed E-state index contributed by atoms with van der Waals surface area (Å²) in [6.07, 6.45) is 5.74. The van der Waals surface area contributed by atoms with Gasteiger partial charge in [0.15, 0.2) is 0 Å². The lowest BCUT2D eigenvalue weighted by molar-refractivity contribution is -0.136. The number of rotatable bonds is 2. The number of nitrogens with zero attached hydrogens (tertiary/aromatic N) is 3. The molecule has 1 aliphatic carbocycles. The van der Waals surface area contributed by atoms with Crippen LogP contribution in [0.3, 0.4) is 0 Å². The van der Waals surface area contributed by atoms with Crippen molar-refractivity contribution in [2.75, 3.05) is 31.1 Å². The average Bonchev–Trinajstić information content (AvgIpc) is 2.62. The van der Waals surface area contributed by atoms with Crippen LogP contribution in [0.15, 0.2) is 18.2 Å². The van der Waals surface area contributed by atoms with E-state index in [0.29, 0.717) is 16.5 Å². The Morgan fingerprint density at radius 1 is 1.13 bits per heavy atom. The third-order valence-electron chi connectivity index (χ3n) is 4.97. The summed E-state index contributed by atoms with van der Waals surface area (Å²) in [4.78, 5) is 16.8. The molecule has 1 heterocycles. The van der Waals surface area contributed by atoms with Gasteiger partial charge in [0.1, 0.15) is 6.07 Å². The molecule has 4 nitrogen and oxygen atoms in total. The van der Waals surface area contributed by atoms with Gasteiger partial charge in [0.05, 0.1) is 11.3 Å².